The summed E-state index contributed by atoms with van der Waals surface area (Å²) in [7, 11) is 1.62. The molecule has 3 N–H and O–H groups in total. The van der Waals surface area contributed by atoms with Gasteiger partial charge in [-0.3, -0.25) is 14.0 Å². The lowest BCUT2D eigenvalue weighted by atomic mass is 9.97. The molecule has 2 heterocycles. The predicted octanol–water partition coefficient (Wildman–Crippen LogP) is 3.81. The van der Waals surface area contributed by atoms with Crippen LogP contribution in [0.3, 0.4) is 0 Å². The van der Waals surface area contributed by atoms with Crippen LogP contribution in [0.1, 0.15) is 24.4 Å². The lowest BCUT2D eigenvalue weighted by molar-refractivity contribution is 0.419. The molecule has 0 radical (unpaired) electrons. The van der Waals surface area contributed by atoms with E-state index in [4.69, 9.17) is 10.5 Å². The summed E-state index contributed by atoms with van der Waals surface area (Å²) in [6.45, 7) is 2.00. The highest BCUT2D eigenvalue weighted by Crippen LogP contribution is 2.45. The molecule has 0 saturated heterocycles. The normalized spacial score (nSPS) is 14.1. The van der Waals surface area contributed by atoms with Crippen LogP contribution in [-0.4, -0.2) is 16.1 Å². The Hall–Kier alpha value is -3.06. The second-order valence-electron chi connectivity index (χ2n) is 7.26. The fraction of sp³-hybridized carbons (Fsp3) is 0.238. The van der Waals surface area contributed by atoms with Crippen LogP contribution in [0, 0.1) is 6.92 Å². The van der Waals surface area contributed by atoms with Gasteiger partial charge in [0.1, 0.15) is 10.2 Å². The third-order valence-electron chi connectivity index (χ3n) is 5.40. The van der Waals surface area contributed by atoms with Gasteiger partial charge in [0.15, 0.2) is 5.75 Å². The number of nitrogens with two attached hydrogens (primary N) is 1. The summed E-state index contributed by atoms with van der Waals surface area (Å²) >= 11 is 1.22. The SMILES string of the molecule is COc1c(-c2ccc(N)cc2C)ccc2c(=O)c3c(=O)[nH]sc3n(C3CC3)c12. The average Bonchev–Trinajstić information content (AvgIpc) is 3.43. The predicted molar refractivity (Wildman–Crippen MR) is 114 cm³/mol. The summed E-state index contributed by atoms with van der Waals surface area (Å²) in [5.41, 5.74) is 9.75. The van der Waals surface area contributed by atoms with Crippen molar-refractivity contribution in [3.8, 4) is 16.9 Å². The Morgan fingerprint density at radius 1 is 1.18 bits per heavy atom. The number of benzene rings is 2. The molecular weight excluding hydrogens is 374 g/mol. The largest absolute Gasteiger partial charge is 0.494 e. The van der Waals surface area contributed by atoms with Gasteiger partial charge in [0.2, 0.25) is 5.43 Å². The van der Waals surface area contributed by atoms with Crippen LogP contribution in [0.5, 0.6) is 5.75 Å². The number of hydrogen-bond acceptors (Lipinski definition) is 5. The van der Waals surface area contributed by atoms with Crippen molar-refractivity contribution in [1.29, 1.82) is 0 Å². The first-order valence-corrected chi connectivity index (χ1v) is 9.95. The van der Waals surface area contributed by atoms with Crippen molar-refractivity contribution >= 4 is 38.3 Å². The second-order valence-corrected chi connectivity index (χ2v) is 8.06. The quantitative estimate of drug-likeness (QED) is 0.518. The van der Waals surface area contributed by atoms with Gasteiger partial charge in [-0.05, 0) is 66.7 Å². The number of nitrogens with one attached hydrogen (secondary N) is 1. The number of pyridine rings is 1. The Bertz CT molecular complexity index is 1380. The lowest BCUT2D eigenvalue weighted by Gasteiger charge is -2.18. The van der Waals surface area contributed by atoms with E-state index in [0.717, 1.165) is 35.0 Å². The number of nitrogens with zero attached hydrogens (tertiary/aromatic N) is 1. The maximum Gasteiger partial charge on any atom is 0.271 e. The van der Waals surface area contributed by atoms with E-state index in [2.05, 4.69) is 8.94 Å². The average molecular weight is 393 g/mol. The number of nitrogen functional groups attached to an aromatic ring is 1. The van der Waals surface area contributed by atoms with Crippen molar-refractivity contribution in [1.82, 2.24) is 8.94 Å². The molecule has 2 aromatic heterocycles. The van der Waals surface area contributed by atoms with Crippen molar-refractivity contribution in [2.75, 3.05) is 12.8 Å². The fourth-order valence-corrected chi connectivity index (χ4v) is 4.90. The van der Waals surface area contributed by atoms with Gasteiger partial charge in [0, 0.05) is 17.3 Å². The molecule has 6 nitrogen and oxygen atoms in total. The lowest BCUT2D eigenvalue weighted by Crippen LogP contribution is -2.15. The number of H-pyrrole nitrogens is 1. The number of aryl methyl sites for hydroxylation is 1. The van der Waals surface area contributed by atoms with E-state index in [1.54, 1.807) is 13.2 Å². The van der Waals surface area contributed by atoms with Gasteiger partial charge in [-0.1, -0.05) is 6.07 Å². The summed E-state index contributed by atoms with van der Waals surface area (Å²) in [5.74, 6) is 0.650. The highest BCUT2D eigenvalue weighted by atomic mass is 32.1. The molecule has 1 aliphatic carbocycles. The van der Waals surface area contributed by atoms with Crippen molar-refractivity contribution < 1.29 is 4.74 Å². The number of rotatable bonds is 3. The molecule has 2 aromatic carbocycles. The molecule has 142 valence electrons. The molecule has 0 atom stereocenters. The van der Waals surface area contributed by atoms with E-state index in [1.165, 1.54) is 11.5 Å². The highest BCUT2D eigenvalue weighted by molar-refractivity contribution is 7.12. The van der Waals surface area contributed by atoms with Crippen LogP contribution >= 0.6 is 11.5 Å². The summed E-state index contributed by atoms with van der Waals surface area (Å²) < 4.78 is 10.7. The zero-order valence-corrected chi connectivity index (χ0v) is 16.4. The molecule has 0 unspecified atom stereocenters. The van der Waals surface area contributed by atoms with Crippen molar-refractivity contribution in [2.24, 2.45) is 0 Å². The molecule has 4 aromatic rings. The Morgan fingerprint density at radius 2 is 1.93 bits per heavy atom. The van der Waals surface area contributed by atoms with E-state index in [9.17, 15) is 9.59 Å². The van der Waals surface area contributed by atoms with Gasteiger partial charge in [-0.15, -0.1) is 0 Å². The van der Waals surface area contributed by atoms with Gasteiger partial charge >= 0.3 is 0 Å². The Morgan fingerprint density at radius 3 is 2.61 bits per heavy atom. The number of ether oxygens (including phenoxy) is 1. The Balaban J connectivity index is 1.97. The topological polar surface area (TPSA) is 90.1 Å². The molecule has 0 aliphatic heterocycles. The van der Waals surface area contributed by atoms with Gasteiger partial charge in [0.25, 0.3) is 5.56 Å². The van der Waals surface area contributed by atoms with E-state index >= 15 is 0 Å². The van der Waals surface area contributed by atoms with Crippen molar-refractivity contribution in [3.63, 3.8) is 0 Å². The van der Waals surface area contributed by atoms with Crippen LogP contribution in [-0.2, 0) is 0 Å². The minimum Gasteiger partial charge on any atom is -0.494 e. The summed E-state index contributed by atoms with van der Waals surface area (Å²) in [4.78, 5) is 26.0. The Labute approximate surface area is 164 Å². The second kappa shape index (κ2) is 5.97. The van der Waals surface area contributed by atoms with Gasteiger partial charge in [0.05, 0.1) is 18.0 Å². The smallest absolute Gasteiger partial charge is 0.271 e. The number of aromatic nitrogens is 2. The number of methoxy groups -OCH3 is 1. The van der Waals surface area contributed by atoms with Gasteiger partial charge in [-0.25, -0.2) is 0 Å². The minimum atomic E-state index is -0.321. The molecule has 1 saturated carbocycles. The van der Waals surface area contributed by atoms with Crippen molar-refractivity contribution in [3.05, 3.63) is 56.5 Å². The Kier molecular flexibility index (Phi) is 3.64. The number of anilines is 1. The zero-order valence-electron chi connectivity index (χ0n) is 15.5. The third kappa shape index (κ3) is 2.32. The first-order chi connectivity index (χ1) is 13.5. The number of fused-ring (bicyclic) bond motifs is 2. The van der Waals surface area contributed by atoms with E-state index in [-0.39, 0.29) is 22.4 Å². The van der Waals surface area contributed by atoms with Crippen LogP contribution in [0.25, 0.3) is 32.2 Å². The minimum absolute atomic E-state index is 0.239. The molecule has 0 bridgehead atoms. The molecule has 0 amide bonds. The van der Waals surface area contributed by atoms with Gasteiger partial charge < -0.3 is 15.0 Å². The van der Waals surface area contributed by atoms with Crippen molar-refractivity contribution in [2.45, 2.75) is 25.8 Å². The molecular formula is C21H19N3O3S. The highest BCUT2D eigenvalue weighted by Gasteiger charge is 2.30. The monoisotopic (exact) mass is 393 g/mol. The summed E-state index contributed by atoms with van der Waals surface area (Å²) in [6, 6.07) is 9.73. The first-order valence-electron chi connectivity index (χ1n) is 9.14. The van der Waals surface area contributed by atoms with E-state index in [1.807, 2.05) is 31.2 Å². The number of hydrogen-bond donors (Lipinski definition) is 2. The van der Waals surface area contributed by atoms with Crippen LogP contribution in [0.2, 0.25) is 0 Å². The fourth-order valence-electron chi connectivity index (χ4n) is 3.98. The zero-order chi connectivity index (χ0) is 19.6. The third-order valence-corrected chi connectivity index (χ3v) is 6.28. The van der Waals surface area contributed by atoms with Crippen LogP contribution in [0.15, 0.2) is 39.9 Å². The van der Waals surface area contributed by atoms with Gasteiger partial charge in [-0.2, -0.15) is 0 Å². The summed E-state index contributed by atoms with van der Waals surface area (Å²) in [6.07, 6.45) is 2.04. The maximum atomic E-state index is 13.1. The molecule has 28 heavy (non-hydrogen) atoms. The number of aromatic amines is 1. The maximum absolute atomic E-state index is 13.1. The summed E-state index contributed by atoms with van der Waals surface area (Å²) in [5, 5.41) is 0.750. The molecule has 0 spiro atoms. The van der Waals surface area contributed by atoms with Crippen LogP contribution in [0.4, 0.5) is 5.69 Å². The molecule has 1 fully saturated rings. The molecule has 1 aliphatic rings. The first kappa shape index (κ1) is 17.1. The van der Waals surface area contributed by atoms with Crippen LogP contribution < -0.4 is 21.5 Å². The van der Waals surface area contributed by atoms with E-state index in [0.29, 0.717) is 21.7 Å². The molecule has 5 rings (SSSR count). The molecule has 7 heteroatoms. The van der Waals surface area contributed by atoms with E-state index < -0.39 is 0 Å². The standard InChI is InChI=1S/C21H19N3O3S/c1-10-9-11(22)3-6-13(10)14-7-8-15-17(19(14)27-2)24(12-4-5-12)21-16(18(15)25)20(26)23-28-21/h3,6-9,12H,4-5,22H2,1-2H3,(H,23,26).